The fraction of sp³-hybridized carbons (Fsp3) is 0.462. The first-order chi connectivity index (χ1) is 8.11. The number of hydrogen-bond acceptors (Lipinski definition) is 4. The molecule has 0 fully saturated rings. The van der Waals surface area contributed by atoms with Crippen LogP contribution in [-0.4, -0.2) is 24.3 Å². The van der Waals surface area contributed by atoms with Crippen molar-refractivity contribution in [3.05, 3.63) is 29.3 Å². The van der Waals surface area contributed by atoms with Gasteiger partial charge in [-0.25, -0.2) is 4.79 Å². The lowest BCUT2D eigenvalue weighted by Crippen LogP contribution is -2.20. The molecule has 17 heavy (non-hydrogen) atoms. The molecular formula is C13H16O4. The van der Waals surface area contributed by atoms with Crippen LogP contribution in [0.15, 0.2) is 18.2 Å². The number of hydrogen-bond donors (Lipinski definition) is 1. The van der Waals surface area contributed by atoms with E-state index in [1.807, 2.05) is 13.0 Å². The molecule has 4 nitrogen and oxygen atoms in total. The van der Waals surface area contributed by atoms with E-state index in [1.165, 1.54) is 7.11 Å². The standard InChI is InChI=1S/C13H16O4/c1-8-3-4-9-5-6-10(7-11(9)17-8)12(14)13(15)16-2/h5-8,12,14H,3-4H2,1-2H3. The zero-order valence-corrected chi connectivity index (χ0v) is 9.97. The molecule has 0 saturated heterocycles. The molecule has 0 aromatic heterocycles. The first kappa shape index (κ1) is 11.9. The highest BCUT2D eigenvalue weighted by Gasteiger charge is 2.22. The molecule has 0 saturated carbocycles. The lowest BCUT2D eigenvalue weighted by atomic mass is 9.99. The van der Waals surface area contributed by atoms with E-state index in [1.54, 1.807) is 12.1 Å². The van der Waals surface area contributed by atoms with Crippen LogP contribution in [0, 0.1) is 0 Å². The fourth-order valence-electron chi connectivity index (χ4n) is 1.94. The number of benzene rings is 1. The predicted octanol–water partition coefficient (Wildman–Crippen LogP) is 1.61. The van der Waals surface area contributed by atoms with Crippen LogP contribution >= 0.6 is 0 Å². The third-order valence-corrected chi connectivity index (χ3v) is 2.98. The Morgan fingerprint density at radius 3 is 3.06 bits per heavy atom. The lowest BCUT2D eigenvalue weighted by molar-refractivity contribution is -0.150. The van der Waals surface area contributed by atoms with Gasteiger partial charge in [0.25, 0.3) is 0 Å². The molecule has 4 heteroatoms. The number of aryl methyl sites for hydroxylation is 1. The number of ether oxygens (including phenoxy) is 2. The second kappa shape index (κ2) is 4.75. The van der Waals surface area contributed by atoms with Crippen molar-refractivity contribution in [3.8, 4) is 5.75 Å². The molecule has 0 amide bonds. The Morgan fingerprint density at radius 2 is 2.35 bits per heavy atom. The molecule has 0 bridgehead atoms. The van der Waals surface area contributed by atoms with Gasteiger partial charge in [0.15, 0.2) is 6.10 Å². The Balaban J connectivity index is 2.26. The molecule has 92 valence electrons. The number of aliphatic hydroxyl groups is 1. The highest BCUT2D eigenvalue weighted by molar-refractivity contribution is 5.76. The summed E-state index contributed by atoms with van der Waals surface area (Å²) in [6.07, 6.45) is 0.885. The summed E-state index contributed by atoms with van der Waals surface area (Å²) in [7, 11) is 1.25. The largest absolute Gasteiger partial charge is 0.490 e. The van der Waals surface area contributed by atoms with Gasteiger partial charge in [0.05, 0.1) is 13.2 Å². The van der Waals surface area contributed by atoms with E-state index >= 15 is 0 Å². The maximum Gasteiger partial charge on any atom is 0.339 e. The molecule has 1 aliphatic heterocycles. The van der Waals surface area contributed by atoms with Crippen LogP contribution in [-0.2, 0) is 16.0 Å². The molecule has 0 aliphatic carbocycles. The van der Waals surface area contributed by atoms with Crippen molar-refractivity contribution in [1.82, 2.24) is 0 Å². The summed E-state index contributed by atoms with van der Waals surface area (Å²) in [5, 5.41) is 9.73. The van der Waals surface area contributed by atoms with Gasteiger partial charge in [-0.15, -0.1) is 0 Å². The molecule has 1 aromatic rings. The van der Waals surface area contributed by atoms with Gasteiger partial charge < -0.3 is 14.6 Å². The van der Waals surface area contributed by atoms with Crippen molar-refractivity contribution < 1.29 is 19.4 Å². The average molecular weight is 236 g/mol. The first-order valence-corrected chi connectivity index (χ1v) is 5.67. The van der Waals surface area contributed by atoms with Crippen LogP contribution in [0.5, 0.6) is 5.75 Å². The summed E-state index contributed by atoms with van der Waals surface area (Å²) < 4.78 is 10.2. The highest BCUT2D eigenvalue weighted by atomic mass is 16.5. The molecule has 2 atom stereocenters. The summed E-state index contributed by atoms with van der Waals surface area (Å²) in [4.78, 5) is 11.2. The van der Waals surface area contributed by atoms with Crippen LogP contribution in [0.25, 0.3) is 0 Å². The van der Waals surface area contributed by atoms with Crippen LogP contribution in [0.4, 0.5) is 0 Å². The molecule has 2 rings (SSSR count). The van der Waals surface area contributed by atoms with Crippen LogP contribution in [0.3, 0.4) is 0 Å². The number of aliphatic hydroxyl groups excluding tert-OH is 1. The molecule has 1 aromatic carbocycles. The number of methoxy groups -OCH3 is 1. The third-order valence-electron chi connectivity index (χ3n) is 2.98. The summed E-state index contributed by atoms with van der Waals surface area (Å²) in [5.41, 5.74) is 1.62. The predicted molar refractivity (Wildman–Crippen MR) is 61.8 cm³/mol. The highest BCUT2D eigenvalue weighted by Crippen LogP contribution is 2.30. The van der Waals surface area contributed by atoms with Gasteiger partial charge in [0.2, 0.25) is 0 Å². The van der Waals surface area contributed by atoms with E-state index in [-0.39, 0.29) is 6.10 Å². The second-order valence-electron chi connectivity index (χ2n) is 4.26. The van der Waals surface area contributed by atoms with E-state index in [0.717, 1.165) is 24.2 Å². The van der Waals surface area contributed by atoms with Gasteiger partial charge in [0.1, 0.15) is 5.75 Å². The van der Waals surface area contributed by atoms with Crippen molar-refractivity contribution in [1.29, 1.82) is 0 Å². The van der Waals surface area contributed by atoms with Crippen molar-refractivity contribution in [3.63, 3.8) is 0 Å². The summed E-state index contributed by atoms with van der Waals surface area (Å²) in [6, 6.07) is 5.34. The zero-order chi connectivity index (χ0) is 12.4. The maximum atomic E-state index is 11.2. The Hall–Kier alpha value is -1.55. The molecular weight excluding hydrogens is 220 g/mol. The fourth-order valence-corrected chi connectivity index (χ4v) is 1.94. The maximum absolute atomic E-state index is 11.2. The average Bonchev–Trinajstić information content (AvgIpc) is 2.36. The minimum atomic E-state index is -1.24. The van der Waals surface area contributed by atoms with E-state index < -0.39 is 12.1 Å². The second-order valence-corrected chi connectivity index (χ2v) is 4.26. The van der Waals surface area contributed by atoms with E-state index in [2.05, 4.69) is 4.74 Å². The van der Waals surface area contributed by atoms with Crippen molar-refractivity contribution >= 4 is 5.97 Å². The number of rotatable bonds is 2. The van der Waals surface area contributed by atoms with E-state index in [0.29, 0.717) is 5.56 Å². The van der Waals surface area contributed by atoms with Gasteiger partial charge in [0, 0.05) is 0 Å². The Bertz CT molecular complexity index is 427. The van der Waals surface area contributed by atoms with E-state index in [4.69, 9.17) is 4.74 Å². The van der Waals surface area contributed by atoms with Crippen LogP contribution in [0.1, 0.15) is 30.6 Å². The molecule has 2 unspecified atom stereocenters. The van der Waals surface area contributed by atoms with Gasteiger partial charge >= 0.3 is 5.97 Å². The van der Waals surface area contributed by atoms with Gasteiger partial charge in [-0.3, -0.25) is 0 Å². The van der Waals surface area contributed by atoms with Crippen molar-refractivity contribution in [2.75, 3.05) is 7.11 Å². The number of carbonyl (C=O) groups excluding carboxylic acids is 1. The van der Waals surface area contributed by atoms with Crippen LogP contribution in [0.2, 0.25) is 0 Å². The molecule has 1 N–H and O–H groups in total. The summed E-state index contributed by atoms with van der Waals surface area (Å²) in [5.74, 6) is 0.0954. The lowest BCUT2D eigenvalue weighted by Gasteiger charge is -2.24. The first-order valence-electron chi connectivity index (χ1n) is 5.67. The minimum absolute atomic E-state index is 0.174. The van der Waals surface area contributed by atoms with Crippen molar-refractivity contribution in [2.24, 2.45) is 0 Å². The quantitative estimate of drug-likeness (QED) is 0.792. The SMILES string of the molecule is COC(=O)C(O)c1ccc2c(c1)OC(C)CC2. The minimum Gasteiger partial charge on any atom is -0.490 e. The van der Waals surface area contributed by atoms with Crippen molar-refractivity contribution in [2.45, 2.75) is 32.0 Å². The Kier molecular flexibility index (Phi) is 3.33. The smallest absolute Gasteiger partial charge is 0.339 e. The van der Waals surface area contributed by atoms with Crippen LogP contribution < -0.4 is 4.74 Å². The number of fused-ring (bicyclic) bond motifs is 1. The molecule has 0 radical (unpaired) electrons. The zero-order valence-electron chi connectivity index (χ0n) is 9.97. The molecule has 0 spiro atoms. The van der Waals surface area contributed by atoms with Gasteiger partial charge in [-0.05, 0) is 37.0 Å². The normalized spacial score (nSPS) is 20.1. The molecule has 1 aliphatic rings. The topological polar surface area (TPSA) is 55.8 Å². The van der Waals surface area contributed by atoms with E-state index in [9.17, 15) is 9.90 Å². The number of esters is 1. The summed E-state index contributed by atoms with van der Waals surface area (Å²) in [6.45, 7) is 2.01. The third kappa shape index (κ3) is 2.42. The molecule has 1 heterocycles. The monoisotopic (exact) mass is 236 g/mol. The Morgan fingerprint density at radius 1 is 1.59 bits per heavy atom. The van der Waals surface area contributed by atoms with Gasteiger partial charge in [-0.1, -0.05) is 12.1 Å². The summed E-state index contributed by atoms with van der Waals surface area (Å²) >= 11 is 0. The van der Waals surface area contributed by atoms with Gasteiger partial charge in [-0.2, -0.15) is 0 Å². The number of carbonyl (C=O) groups is 1. The Labute approximate surface area is 100 Å².